The lowest BCUT2D eigenvalue weighted by Crippen LogP contribution is -2.09. The molecule has 0 spiro atoms. The summed E-state index contributed by atoms with van der Waals surface area (Å²) in [6.45, 7) is 6.60. The Labute approximate surface area is 150 Å². The van der Waals surface area contributed by atoms with E-state index in [0.717, 1.165) is 29.7 Å². The highest BCUT2D eigenvalue weighted by molar-refractivity contribution is 6.36. The van der Waals surface area contributed by atoms with Gasteiger partial charge in [0.25, 0.3) is 0 Å². The van der Waals surface area contributed by atoms with Crippen LogP contribution in [0.25, 0.3) is 22.4 Å². The van der Waals surface area contributed by atoms with E-state index in [-0.39, 0.29) is 0 Å². The summed E-state index contributed by atoms with van der Waals surface area (Å²) in [5.41, 5.74) is 2.71. The second-order valence-corrected chi connectivity index (χ2v) is 6.83. The van der Waals surface area contributed by atoms with Gasteiger partial charge in [-0.05, 0) is 35.8 Å². The molecule has 0 radical (unpaired) electrons. The summed E-state index contributed by atoms with van der Waals surface area (Å²) in [6.07, 6.45) is 2.10. The lowest BCUT2D eigenvalue weighted by molar-refractivity contribution is 0.421. The fourth-order valence-electron chi connectivity index (χ4n) is 2.97. The molecule has 3 rings (SSSR count). The fraction of sp³-hybridized carbons (Fsp3) is 0.412. The van der Waals surface area contributed by atoms with Crippen molar-refractivity contribution in [3.05, 3.63) is 34.1 Å². The molecule has 7 heteroatoms. The Kier molecular flexibility index (Phi) is 5.01. The number of aromatic nitrogens is 5. The zero-order valence-corrected chi connectivity index (χ0v) is 15.4. The monoisotopic (exact) mass is 363 g/mol. The van der Waals surface area contributed by atoms with Crippen molar-refractivity contribution in [3.8, 4) is 11.3 Å². The van der Waals surface area contributed by atoms with E-state index in [1.165, 1.54) is 0 Å². The van der Waals surface area contributed by atoms with Gasteiger partial charge in [-0.15, -0.1) is 10.2 Å². The van der Waals surface area contributed by atoms with Crippen LogP contribution in [0, 0.1) is 5.92 Å². The average molecular weight is 364 g/mol. The third kappa shape index (κ3) is 3.10. The van der Waals surface area contributed by atoms with Gasteiger partial charge in [0, 0.05) is 16.5 Å². The van der Waals surface area contributed by atoms with Crippen molar-refractivity contribution in [1.29, 1.82) is 0 Å². The largest absolute Gasteiger partial charge is 0.338 e. The summed E-state index contributed by atoms with van der Waals surface area (Å²) in [7, 11) is 0. The minimum absolute atomic E-state index is 0.345. The zero-order chi connectivity index (χ0) is 17.3. The molecule has 0 fully saturated rings. The van der Waals surface area contributed by atoms with Gasteiger partial charge in [0.1, 0.15) is 17.0 Å². The molecule has 0 aliphatic heterocycles. The number of imidazole rings is 1. The van der Waals surface area contributed by atoms with E-state index < -0.39 is 0 Å². The Hall–Kier alpha value is -1.72. The lowest BCUT2D eigenvalue weighted by atomic mass is 9.89. The Balaban J connectivity index is 2.14. The molecule has 2 atom stereocenters. The molecular formula is C17H19Cl2N5. The molecule has 3 aromatic rings. The maximum atomic E-state index is 6.33. The van der Waals surface area contributed by atoms with Crippen LogP contribution in [0.2, 0.25) is 10.0 Å². The molecule has 0 bridgehead atoms. The number of fused-ring (bicyclic) bond motifs is 1. The predicted molar refractivity (Wildman–Crippen MR) is 97.4 cm³/mol. The normalized spacial score (nSPS) is 14.0. The first-order chi connectivity index (χ1) is 11.5. The number of benzene rings is 1. The fourth-order valence-corrected chi connectivity index (χ4v) is 3.47. The number of nitrogens with one attached hydrogen (secondary N) is 1. The Bertz CT molecular complexity index is 861. The summed E-state index contributed by atoms with van der Waals surface area (Å²) in [5, 5.41) is 13.2. The minimum atomic E-state index is 0.345. The molecule has 2 aromatic heterocycles. The van der Waals surface area contributed by atoms with Crippen LogP contribution in [0.4, 0.5) is 0 Å². The van der Waals surface area contributed by atoms with E-state index >= 15 is 0 Å². The van der Waals surface area contributed by atoms with Crippen molar-refractivity contribution in [1.82, 2.24) is 25.4 Å². The number of halogens is 2. The quantitative estimate of drug-likeness (QED) is 0.670. The molecule has 0 saturated carbocycles. The first kappa shape index (κ1) is 17.1. The van der Waals surface area contributed by atoms with Gasteiger partial charge >= 0.3 is 0 Å². The molecule has 1 aromatic carbocycles. The molecule has 24 heavy (non-hydrogen) atoms. The Morgan fingerprint density at radius 1 is 1.12 bits per heavy atom. The standard InChI is InChI=1S/C17H19Cl2N5/c1-4-9(3)11(5-2)16-20-15-14(22-24-23-17(15)21-16)12-7-6-10(18)8-13(12)19/h6-9,11H,4-5H2,1-3H3,(H,20,21,22,23). The van der Waals surface area contributed by atoms with Crippen molar-refractivity contribution in [2.45, 2.75) is 39.5 Å². The number of H-pyrrole nitrogens is 1. The average Bonchev–Trinajstić information content (AvgIpc) is 2.99. The molecule has 1 N–H and O–H groups in total. The van der Waals surface area contributed by atoms with Crippen molar-refractivity contribution in [2.75, 3.05) is 0 Å². The van der Waals surface area contributed by atoms with E-state index in [0.29, 0.717) is 33.2 Å². The second kappa shape index (κ2) is 7.03. The maximum absolute atomic E-state index is 6.33. The number of aromatic amines is 1. The third-order valence-electron chi connectivity index (χ3n) is 4.53. The predicted octanol–water partition coefficient (Wildman–Crippen LogP) is 5.26. The van der Waals surface area contributed by atoms with E-state index in [9.17, 15) is 0 Å². The Morgan fingerprint density at radius 3 is 2.58 bits per heavy atom. The molecule has 0 aliphatic carbocycles. The number of rotatable bonds is 5. The first-order valence-electron chi connectivity index (χ1n) is 8.09. The van der Waals surface area contributed by atoms with Gasteiger partial charge in [0.2, 0.25) is 5.65 Å². The smallest absolute Gasteiger partial charge is 0.204 e. The SMILES string of the molecule is CCC(C)C(CC)c1nc2nnnc(-c3ccc(Cl)cc3Cl)c2[nH]1. The molecule has 0 aliphatic rings. The molecule has 126 valence electrons. The summed E-state index contributed by atoms with van der Waals surface area (Å²) < 4.78 is 0. The summed E-state index contributed by atoms with van der Waals surface area (Å²) in [4.78, 5) is 8.05. The number of nitrogens with zero attached hydrogens (tertiary/aromatic N) is 4. The zero-order valence-electron chi connectivity index (χ0n) is 13.8. The van der Waals surface area contributed by atoms with Gasteiger partial charge in [0.05, 0.1) is 5.02 Å². The summed E-state index contributed by atoms with van der Waals surface area (Å²) >= 11 is 12.3. The van der Waals surface area contributed by atoms with Gasteiger partial charge in [-0.1, -0.05) is 50.4 Å². The second-order valence-electron chi connectivity index (χ2n) is 5.98. The topological polar surface area (TPSA) is 67.3 Å². The Morgan fingerprint density at radius 2 is 1.92 bits per heavy atom. The van der Waals surface area contributed by atoms with Crippen LogP contribution >= 0.6 is 23.2 Å². The van der Waals surface area contributed by atoms with Crippen LogP contribution in [0.3, 0.4) is 0 Å². The highest BCUT2D eigenvalue weighted by atomic mass is 35.5. The van der Waals surface area contributed by atoms with Crippen molar-refractivity contribution < 1.29 is 0 Å². The van der Waals surface area contributed by atoms with Gasteiger partial charge in [-0.25, -0.2) is 4.98 Å². The van der Waals surface area contributed by atoms with Crippen LogP contribution in [0.15, 0.2) is 18.2 Å². The highest BCUT2D eigenvalue weighted by Gasteiger charge is 2.22. The van der Waals surface area contributed by atoms with Crippen LogP contribution < -0.4 is 0 Å². The molecular weight excluding hydrogens is 345 g/mol. The highest BCUT2D eigenvalue weighted by Crippen LogP contribution is 2.34. The first-order valence-corrected chi connectivity index (χ1v) is 8.85. The van der Waals surface area contributed by atoms with Crippen LogP contribution in [-0.4, -0.2) is 25.4 Å². The molecule has 2 unspecified atom stereocenters. The van der Waals surface area contributed by atoms with Crippen LogP contribution in [0.1, 0.15) is 45.4 Å². The van der Waals surface area contributed by atoms with Crippen molar-refractivity contribution in [3.63, 3.8) is 0 Å². The van der Waals surface area contributed by atoms with E-state index in [2.05, 4.69) is 46.1 Å². The van der Waals surface area contributed by atoms with Gasteiger partial charge in [0.15, 0.2) is 0 Å². The minimum Gasteiger partial charge on any atom is -0.338 e. The number of hydrogen-bond donors (Lipinski definition) is 1. The van der Waals surface area contributed by atoms with Gasteiger partial charge in [-0.3, -0.25) is 0 Å². The molecule has 0 amide bonds. The number of hydrogen-bond acceptors (Lipinski definition) is 4. The van der Waals surface area contributed by atoms with Crippen LogP contribution in [-0.2, 0) is 0 Å². The molecule has 5 nitrogen and oxygen atoms in total. The summed E-state index contributed by atoms with van der Waals surface area (Å²) in [6, 6.07) is 5.31. The molecule has 2 heterocycles. The lowest BCUT2D eigenvalue weighted by Gasteiger charge is -2.18. The van der Waals surface area contributed by atoms with Gasteiger partial charge < -0.3 is 4.98 Å². The van der Waals surface area contributed by atoms with E-state index in [1.54, 1.807) is 12.1 Å². The van der Waals surface area contributed by atoms with E-state index in [1.807, 2.05) is 6.07 Å². The van der Waals surface area contributed by atoms with Crippen LogP contribution in [0.5, 0.6) is 0 Å². The maximum Gasteiger partial charge on any atom is 0.204 e. The van der Waals surface area contributed by atoms with Crippen molar-refractivity contribution >= 4 is 34.4 Å². The van der Waals surface area contributed by atoms with Crippen molar-refractivity contribution in [2.24, 2.45) is 5.92 Å². The van der Waals surface area contributed by atoms with Gasteiger partial charge in [-0.2, -0.15) is 0 Å². The van der Waals surface area contributed by atoms with E-state index in [4.69, 9.17) is 23.2 Å². The third-order valence-corrected chi connectivity index (χ3v) is 5.08. The summed E-state index contributed by atoms with van der Waals surface area (Å²) in [5.74, 6) is 1.80. The molecule has 0 saturated heterocycles.